The van der Waals surface area contributed by atoms with E-state index in [1.165, 1.54) is 5.69 Å². The maximum Gasteiger partial charge on any atom is 0.251 e. The van der Waals surface area contributed by atoms with Gasteiger partial charge in [0, 0.05) is 30.9 Å². The van der Waals surface area contributed by atoms with Gasteiger partial charge in [0.2, 0.25) is 0 Å². The first kappa shape index (κ1) is 18.5. The number of morpholine rings is 1. The van der Waals surface area contributed by atoms with Gasteiger partial charge in [-0.25, -0.2) is 0 Å². The molecule has 1 aliphatic heterocycles. The van der Waals surface area contributed by atoms with Crippen molar-refractivity contribution in [1.29, 1.82) is 0 Å². The number of anilines is 1. The predicted octanol–water partition coefficient (Wildman–Crippen LogP) is 3.51. The number of rotatable bonds is 6. The third kappa shape index (κ3) is 4.68. The number of carbonyl (C=O) groups is 1. The van der Waals surface area contributed by atoms with E-state index < -0.39 is 0 Å². The van der Waals surface area contributed by atoms with E-state index in [0.717, 1.165) is 31.9 Å². The molecule has 26 heavy (non-hydrogen) atoms. The molecule has 1 saturated heterocycles. The lowest BCUT2D eigenvalue weighted by atomic mass is 10.1. The van der Waals surface area contributed by atoms with Gasteiger partial charge in [0.1, 0.15) is 5.75 Å². The molecule has 6 heteroatoms. The average Bonchev–Trinajstić information content (AvgIpc) is 2.69. The molecule has 1 amide bonds. The quantitative estimate of drug-likeness (QED) is 0.840. The normalized spacial score (nSPS) is 14.2. The summed E-state index contributed by atoms with van der Waals surface area (Å²) in [6.07, 6.45) is 0. The number of hydrogen-bond donors (Lipinski definition) is 1. The Morgan fingerprint density at radius 2 is 1.92 bits per heavy atom. The highest BCUT2D eigenvalue weighted by Crippen LogP contribution is 2.25. The maximum atomic E-state index is 12.3. The Bertz CT molecular complexity index is 743. The Morgan fingerprint density at radius 3 is 2.58 bits per heavy atom. The minimum Gasteiger partial charge on any atom is -0.492 e. The molecule has 0 saturated carbocycles. The molecule has 0 radical (unpaired) electrons. The van der Waals surface area contributed by atoms with Crippen molar-refractivity contribution >= 4 is 23.2 Å². The first-order valence-corrected chi connectivity index (χ1v) is 9.17. The fourth-order valence-electron chi connectivity index (χ4n) is 2.85. The highest BCUT2D eigenvalue weighted by molar-refractivity contribution is 6.32. The maximum absolute atomic E-state index is 12.3. The van der Waals surface area contributed by atoms with Crippen LogP contribution in [0.2, 0.25) is 5.02 Å². The number of nitrogens with one attached hydrogen (secondary N) is 1. The van der Waals surface area contributed by atoms with Gasteiger partial charge in [0.15, 0.2) is 0 Å². The molecule has 138 valence electrons. The number of benzene rings is 2. The Morgan fingerprint density at radius 1 is 1.19 bits per heavy atom. The Kier molecular flexibility index (Phi) is 6.36. The van der Waals surface area contributed by atoms with Crippen molar-refractivity contribution in [3.8, 4) is 5.75 Å². The third-order valence-corrected chi connectivity index (χ3v) is 4.55. The van der Waals surface area contributed by atoms with Crippen LogP contribution in [0, 0.1) is 0 Å². The summed E-state index contributed by atoms with van der Waals surface area (Å²) in [5.41, 5.74) is 2.75. The van der Waals surface area contributed by atoms with Crippen molar-refractivity contribution in [1.82, 2.24) is 5.32 Å². The van der Waals surface area contributed by atoms with Crippen LogP contribution in [0.3, 0.4) is 0 Å². The predicted molar refractivity (Wildman–Crippen MR) is 103 cm³/mol. The second-order valence-electron chi connectivity index (χ2n) is 6.03. The number of ether oxygens (including phenoxy) is 2. The molecule has 3 rings (SSSR count). The van der Waals surface area contributed by atoms with E-state index in [-0.39, 0.29) is 5.91 Å². The van der Waals surface area contributed by atoms with Crippen molar-refractivity contribution in [2.24, 2.45) is 0 Å². The fraction of sp³-hybridized carbons (Fsp3) is 0.350. The third-order valence-electron chi connectivity index (χ3n) is 4.26. The molecule has 2 aromatic rings. The highest BCUT2D eigenvalue weighted by atomic mass is 35.5. The zero-order chi connectivity index (χ0) is 18.4. The molecule has 1 heterocycles. The average molecular weight is 375 g/mol. The smallest absolute Gasteiger partial charge is 0.251 e. The van der Waals surface area contributed by atoms with E-state index in [2.05, 4.69) is 22.3 Å². The van der Waals surface area contributed by atoms with Gasteiger partial charge >= 0.3 is 0 Å². The lowest BCUT2D eigenvalue weighted by Gasteiger charge is -2.28. The summed E-state index contributed by atoms with van der Waals surface area (Å²) < 4.78 is 10.8. The summed E-state index contributed by atoms with van der Waals surface area (Å²) in [4.78, 5) is 14.6. The number of nitrogens with zero attached hydrogens (tertiary/aromatic N) is 1. The van der Waals surface area contributed by atoms with Crippen LogP contribution in [0.4, 0.5) is 5.69 Å². The highest BCUT2D eigenvalue weighted by Gasteiger charge is 2.12. The Labute approximate surface area is 158 Å². The molecule has 0 spiro atoms. The van der Waals surface area contributed by atoms with Crippen LogP contribution in [0.15, 0.2) is 42.5 Å². The zero-order valence-corrected chi connectivity index (χ0v) is 15.6. The van der Waals surface area contributed by atoms with E-state index in [4.69, 9.17) is 21.1 Å². The minimum absolute atomic E-state index is 0.160. The molecule has 1 N–H and O–H groups in total. The van der Waals surface area contributed by atoms with E-state index in [0.29, 0.717) is 29.5 Å². The molecule has 1 aliphatic rings. The monoisotopic (exact) mass is 374 g/mol. The molecule has 0 aliphatic carbocycles. The molecule has 0 bridgehead atoms. The van der Waals surface area contributed by atoms with Crippen molar-refractivity contribution in [2.75, 3.05) is 37.8 Å². The number of halogens is 1. The summed E-state index contributed by atoms with van der Waals surface area (Å²) in [6.45, 7) is 6.24. The number of amides is 1. The van der Waals surface area contributed by atoms with Crippen LogP contribution in [-0.2, 0) is 11.3 Å². The summed E-state index contributed by atoms with van der Waals surface area (Å²) >= 11 is 6.14. The van der Waals surface area contributed by atoms with Crippen molar-refractivity contribution in [2.45, 2.75) is 13.5 Å². The van der Waals surface area contributed by atoms with Crippen LogP contribution in [0.1, 0.15) is 22.8 Å². The number of carbonyl (C=O) groups excluding carboxylic acids is 1. The van der Waals surface area contributed by atoms with Gasteiger partial charge in [-0.15, -0.1) is 0 Å². The fourth-order valence-corrected chi connectivity index (χ4v) is 3.08. The molecular weight excluding hydrogens is 352 g/mol. The van der Waals surface area contributed by atoms with Crippen LogP contribution < -0.4 is 15.0 Å². The molecule has 2 aromatic carbocycles. The lowest BCUT2D eigenvalue weighted by molar-refractivity contribution is 0.0951. The van der Waals surface area contributed by atoms with E-state index in [1.54, 1.807) is 18.2 Å². The first-order valence-electron chi connectivity index (χ1n) is 8.79. The van der Waals surface area contributed by atoms with Crippen LogP contribution in [0.5, 0.6) is 5.75 Å². The van der Waals surface area contributed by atoms with Crippen molar-refractivity contribution < 1.29 is 14.3 Å². The van der Waals surface area contributed by atoms with Gasteiger partial charge in [0.25, 0.3) is 5.91 Å². The van der Waals surface area contributed by atoms with E-state index >= 15 is 0 Å². The molecule has 0 unspecified atom stereocenters. The van der Waals surface area contributed by atoms with Crippen LogP contribution in [0.25, 0.3) is 0 Å². The van der Waals surface area contributed by atoms with Gasteiger partial charge in [0.05, 0.1) is 24.8 Å². The van der Waals surface area contributed by atoms with Gasteiger partial charge in [-0.05, 0) is 42.8 Å². The molecule has 0 aromatic heterocycles. The standard InChI is InChI=1S/C20H23ClN2O3/c1-2-26-19-8-5-16(13-18(19)21)20(24)22-14-15-3-6-17(7-4-15)23-9-11-25-12-10-23/h3-8,13H,2,9-12,14H2,1H3,(H,22,24). The molecule has 5 nitrogen and oxygen atoms in total. The van der Waals surface area contributed by atoms with Gasteiger partial charge < -0.3 is 19.7 Å². The van der Waals surface area contributed by atoms with E-state index in [1.807, 2.05) is 19.1 Å². The summed E-state index contributed by atoms with van der Waals surface area (Å²) in [5.74, 6) is 0.427. The van der Waals surface area contributed by atoms with Crippen molar-refractivity contribution in [3.63, 3.8) is 0 Å². The number of hydrogen-bond acceptors (Lipinski definition) is 4. The van der Waals surface area contributed by atoms with Crippen LogP contribution in [-0.4, -0.2) is 38.8 Å². The van der Waals surface area contributed by atoms with Gasteiger partial charge in [-0.2, -0.15) is 0 Å². The van der Waals surface area contributed by atoms with Gasteiger partial charge in [-0.3, -0.25) is 4.79 Å². The van der Waals surface area contributed by atoms with E-state index in [9.17, 15) is 4.79 Å². The second-order valence-corrected chi connectivity index (χ2v) is 6.43. The molecular formula is C20H23ClN2O3. The van der Waals surface area contributed by atoms with Gasteiger partial charge in [-0.1, -0.05) is 23.7 Å². The van der Waals surface area contributed by atoms with Crippen molar-refractivity contribution in [3.05, 3.63) is 58.6 Å². The minimum atomic E-state index is -0.160. The SMILES string of the molecule is CCOc1ccc(C(=O)NCc2ccc(N3CCOCC3)cc2)cc1Cl. The molecule has 0 atom stereocenters. The largest absolute Gasteiger partial charge is 0.492 e. The Hall–Kier alpha value is -2.24. The topological polar surface area (TPSA) is 50.8 Å². The summed E-state index contributed by atoms with van der Waals surface area (Å²) in [7, 11) is 0. The summed E-state index contributed by atoms with van der Waals surface area (Å²) in [6, 6.07) is 13.3. The molecule has 1 fully saturated rings. The first-order chi connectivity index (χ1) is 12.7. The second kappa shape index (κ2) is 8.92. The zero-order valence-electron chi connectivity index (χ0n) is 14.8. The lowest BCUT2D eigenvalue weighted by Crippen LogP contribution is -2.36. The van der Waals surface area contributed by atoms with Crippen LogP contribution >= 0.6 is 11.6 Å². The Balaban J connectivity index is 1.56. The summed E-state index contributed by atoms with van der Waals surface area (Å²) in [5, 5.41) is 3.36.